The summed E-state index contributed by atoms with van der Waals surface area (Å²) < 4.78 is 5.17. The monoisotopic (exact) mass is 197 g/mol. The lowest BCUT2D eigenvalue weighted by molar-refractivity contribution is 0.122. The Morgan fingerprint density at radius 3 is 2.71 bits per heavy atom. The Kier molecular flexibility index (Phi) is 2.32. The number of nitrogens with zero attached hydrogens (tertiary/aromatic N) is 3. The summed E-state index contributed by atoms with van der Waals surface area (Å²) in [6.07, 6.45) is 0. The predicted octanol–water partition coefficient (Wildman–Crippen LogP) is -1.42. The topological polar surface area (TPSA) is 97.1 Å². The molecule has 3 N–H and O–H groups in total. The van der Waals surface area contributed by atoms with E-state index in [2.05, 4.69) is 15.0 Å². The first-order chi connectivity index (χ1) is 6.75. The number of aromatic nitrogens is 3. The number of nitrogens with two attached hydrogens (primary N) is 1. The minimum absolute atomic E-state index is 0.0893. The van der Waals surface area contributed by atoms with Gasteiger partial charge in [-0.1, -0.05) is 0 Å². The van der Waals surface area contributed by atoms with Gasteiger partial charge in [-0.15, -0.1) is 0 Å². The first-order valence-corrected chi connectivity index (χ1v) is 4.32. The Bertz CT molecular complexity index is 371. The molecule has 14 heavy (non-hydrogen) atoms. The van der Waals surface area contributed by atoms with Crippen LogP contribution in [0, 0.1) is 0 Å². The number of hydrogen-bond donors (Lipinski definition) is 2. The molecule has 1 aromatic rings. The van der Waals surface area contributed by atoms with Gasteiger partial charge in [-0.05, 0) is 0 Å². The summed E-state index contributed by atoms with van der Waals surface area (Å²) in [5.41, 5.74) is 4.93. The largest absolute Gasteiger partial charge is 0.378 e. The molecule has 76 valence electrons. The van der Waals surface area contributed by atoms with E-state index >= 15 is 0 Å². The number of rotatable bonds is 1. The fourth-order valence-electron chi connectivity index (χ4n) is 1.29. The normalized spacial score (nSPS) is 17.0. The molecule has 1 aliphatic heterocycles. The molecule has 1 aromatic heterocycles. The molecule has 7 nitrogen and oxygen atoms in total. The van der Waals surface area contributed by atoms with E-state index in [1.807, 2.05) is 4.90 Å². The summed E-state index contributed by atoms with van der Waals surface area (Å²) in [5.74, 6) is 0.459. The lowest BCUT2D eigenvalue weighted by Gasteiger charge is -2.26. The second kappa shape index (κ2) is 3.62. The van der Waals surface area contributed by atoms with Crippen LogP contribution in [0.25, 0.3) is 0 Å². The van der Waals surface area contributed by atoms with E-state index in [-0.39, 0.29) is 5.95 Å². The molecule has 0 aromatic carbocycles. The lowest BCUT2D eigenvalue weighted by atomic mass is 10.4. The van der Waals surface area contributed by atoms with Gasteiger partial charge < -0.3 is 15.4 Å². The molecule has 1 aliphatic rings. The average Bonchev–Trinajstić information content (AvgIpc) is 2.18. The van der Waals surface area contributed by atoms with Crippen molar-refractivity contribution in [3.63, 3.8) is 0 Å². The van der Waals surface area contributed by atoms with Crippen LogP contribution in [0.2, 0.25) is 0 Å². The standard InChI is InChI=1S/C7H11N5O2/c8-5-9-6(11-7(13)10-5)12-1-3-14-4-2-12/h1-4H2,(H3,8,9,10,11,13). The van der Waals surface area contributed by atoms with Crippen molar-refractivity contribution in [3.8, 4) is 0 Å². The molecular weight excluding hydrogens is 186 g/mol. The number of H-pyrrole nitrogens is 1. The fourth-order valence-corrected chi connectivity index (χ4v) is 1.29. The molecule has 1 fully saturated rings. The first kappa shape index (κ1) is 8.95. The van der Waals surface area contributed by atoms with Gasteiger partial charge in [0.2, 0.25) is 11.9 Å². The molecule has 0 spiro atoms. The van der Waals surface area contributed by atoms with Crippen LogP contribution in [0.4, 0.5) is 11.9 Å². The van der Waals surface area contributed by atoms with Crippen molar-refractivity contribution in [3.05, 3.63) is 10.5 Å². The summed E-state index contributed by atoms with van der Waals surface area (Å²) in [7, 11) is 0. The van der Waals surface area contributed by atoms with E-state index < -0.39 is 5.69 Å². The van der Waals surface area contributed by atoms with Crippen LogP contribution in [0.5, 0.6) is 0 Å². The number of ether oxygens (including phenoxy) is 1. The molecule has 1 saturated heterocycles. The third kappa shape index (κ3) is 1.82. The summed E-state index contributed by atoms with van der Waals surface area (Å²) in [6.45, 7) is 2.61. The molecular formula is C7H11N5O2. The summed E-state index contributed by atoms with van der Waals surface area (Å²) in [5, 5.41) is 0. The molecule has 7 heteroatoms. The van der Waals surface area contributed by atoms with E-state index in [0.29, 0.717) is 32.3 Å². The minimum Gasteiger partial charge on any atom is -0.378 e. The third-order valence-corrected chi connectivity index (χ3v) is 1.95. The Balaban J connectivity index is 2.26. The summed E-state index contributed by atoms with van der Waals surface area (Å²) in [6, 6.07) is 0. The summed E-state index contributed by atoms with van der Waals surface area (Å²) >= 11 is 0. The van der Waals surface area contributed by atoms with Crippen LogP contribution in [0.15, 0.2) is 4.79 Å². The van der Waals surface area contributed by atoms with Crippen LogP contribution in [0.3, 0.4) is 0 Å². The van der Waals surface area contributed by atoms with Gasteiger partial charge in [0.05, 0.1) is 13.2 Å². The van der Waals surface area contributed by atoms with Crippen LogP contribution >= 0.6 is 0 Å². The molecule has 0 unspecified atom stereocenters. The van der Waals surface area contributed by atoms with Crippen molar-refractivity contribution in [1.82, 2.24) is 15.0 Å². The zero-order valence-electron chi connectivity index (χ0n) is 7.56. The molecule has 0 amide bonds. The minimum atomic E-state index is -0.473. The molecule has 0 radical (unpaired) electrons. The highest BCUT2D eigenvalue weighted by Gasteiger charge is 2.14. The van der Waals surface area contributed by atoms with Crippen molar-refractivity contribution in [2.45, 2.75) is 0 Å². The van der Waals surface area contributed by atoms with Gasteiger partial charge in [0, 0.05) is 13.1 Å². The second-order valence-corrected chi connectivity index (χ2v) is 2.94. The van der Waals surface area contributed by atoms with E-state index in [9.17, 15) is 4.79 Å². The number of hydrogen-bond acceptors (Lipinski definition) is 6. The maximum Gasteiger partial charge on any atom is 0.350 e. The maximum atomic E-state index is 11.0. The van der Waals surface area contributed by atoms with Crippen LogP contribution in [-0.2, 0) is 4.74 Å². The molecule has 0 saturated carbocycles. The second-order valence-electron chi connectivity index (χ2n) is 2.94. The van der Waals surface area contributed by atoms with Gasteiger partial charge in [-0.2, -0.15) is 9.97 Å². The Morgan fingerprint density at radius 2 is 2.07 bits per heavy atom. The van der Waals surface area contributed by atoms with Crippen molar-refractivity contribution >= 4 is 11.9 Å². The van der Waals surface area contributed by atoms with Crippen molar-refractivity contribution in [2.24, 2.45) is 0 Å². The zero-order chi connectivity index (χ0) is 9.97. The third-order valence-electron chi connectivity index (χ3n) is 1.95. The van der Waals surface area contributed by atoms with Crippen molar-refractivity contribution in [1.29, 1.82) is 0 Å². The molecule has 2 rings (SSSR count). The first-order valence-electron chi connectivity index (χ1n) is 4.32. The van der Waals surface area contributed by atoms with Gasteiger partial charge >= 0.3 is 5.69 Å². The number of nitrogen functional groups attached to an aromatic ring is 1. The van der Waals surface area contributed by atoms with E-state index in [1.54, 1.807) is 0 Å². The van der Waals surface area contributed by atoms with Gasteiger partial charge in [-0.25, -0.2) is 4.79 Å². The van der Waals surface area contributed by atoms with E-state index in [4.69, 9.17) is 10.5 Å². The highest BCUT2D eigenvalue weighted by molar-refractivity contribution is 5.33. The summed E-state index contributed by atoms with van der Waals surface area (Å²) in [4.78, 5) is 22.8. The maximum absolute atomic E-state index is 11.0. The zero-order valence-corrected chi connectivity index (χ0v) is 7.56. The Morgan fingerprint density at radius 1 is 1.36 bits per heavy atom. The molecule has 0 atom stereocenters. The average molecular weight is 197 g/mol. The Hall–Kier alpha value is -1.63. The van der Waals surface area contributed by atoms with Gasteiger partial charge in [0.25, 0.3) is 0 Å². The van der Waals surface area contributed by atoms with Gasteiger partial charge in [0.15, 0.2) is 0 Å². The van der Waals surface area contributed by atoms with Crippen LogP contribution < -0.4 is 16.3 Å². The number of aromatic amines is 1. The number of morpholine rings is 1. The fraction of sp³-hybridized carbons (Fsp3) is 0.571. The van der Waals surface area contributed by atoms with Crippen LogP contribution in [0.1, 0.15) is 0 Å². The van der Waals surface area contributed by atoms with Gasteiger partial charge in [0.1, 0.15) is 0 Å². The van der Waals surface area contributed by atoms with Crippen molar-refractivity contribution in [2.75, 3.05) is 36.9 Å². The van der Waals surface area contributed by atoms with E-state index in [1.165, 1.54) is 0 Å². The number of anilines is 2. The van der Waals surface area contributed by atoms with Gasteiger partial charge in [-0.3, -0.25) is 4.98 Å². The lowest BCUT2D eigenvalue weighted by Crippen LogP contribution is -2.38. The molecule has 0 bridgehead atoms. The highest BCUT2D eigenvalue weighted by atomic mass is 16.5. The van der Waals surface area contributed by atoms with Crippen LogP contribution in [-0.4, -0.2) is 41.3 Å². The van der Waals surface area contributed by atoms with E-state index in [0.717, 1.165) is 0 Å². The quantitative estimate of drug-likeness (QED) is 0.573. The molecule has 2 heterocycles. The smallest absolute Gasteiger partial charge is 0.350 e. The predicted molar refractivity (Wildman–Crippen MR) is 50.1 cm³/mol. The van der Waals surface area contributed by atoms with Crippen molar-refractivity contribution < 1.29 is 4.74 Å². The SMILES string of the molecule is Nc1nc(N2CCOCC2)nc(=O)[nH]1. The molecule has 0 aliphatic carbocycles. The number of nitrogens with one attached hydrogen (secondary N) is 1. The highest BCUT2D eigenvalue weighted by Crippen LogP contribution is 2.07. The Labute approximate surface area is 79.9 Å².